The average molecular weight is 453 g/mol. The van der Waals surface area contributed by atoms with Gasteiger partial charge in [0.2, 0.25) is 0 Å². The summed E-state index contributed by atoms with van der Waals surface area (Å²) in [7, 11) is 0. The molecule has 0 bridgehead atoms. The van der Waals surface area contributed by atoms with E-state index in [2.05, 4.69) is 20.8 Å². The van der Waals surface area contributed by atoms with Gasteiger partial charge in [0, 0.05) is 0 Å². The molecular weight excluding hydrogens is 404 g/mol. The molecule has 4 rings (SSSR count). The van der Waals surface area contributed by atoms with Crippen LogP contribution in [-0.4, -0.2) is 56.1 Å². The fourth-order valence-corrected chi connectivity index (χ4v) is 9.30. The fourth-order valence-electron chi connectivity index (χ4n) is 9.30. The van der Waals surface area contributed by atoms with E-state index in [4.69, 9.17) is 0 Å². The first-order valence-corrected chi connectivity index (χ1v) is 13.3. The van der Waals surface area contributed by atoms with Crippen molar-refractivity contribution >= 4 is 0 Å². The van der Waals surface area contributed by atoms with Crippen molar-refractivity contribution in [3.63, 3.8) is 0 Å². The van der Waals surface area contributed by atoms with E-state index in [-0.39, 0.29) is 35.4 Å². The maximum atomic E-state index is 11.4. The molecule has 0 radical (unpaired) electrons. The van der Waals surface area contributed by atoms with Gasteiger partial charge >= 0.3 is 0 Å². The molecule has 12 atom stereocenters. The van der Waals surface area contributed by atoms with Crippen molar-refractivity contribution in [2.75, 3.05) is 6.61 Å². The maximum absolute atomic E-state index is 11.4. The molecule has 5 nitrogen and oxygen atoms in total. The van der Waals surface area contributed by atoms with Crippen LogP contribution in [0.15, 0.2) is 0 Å². The molecule has 0 heterocycles. The summed E-state index contributed by atoms with van der Waals surface area (Å²) in [6.45, 7) is 8.65. The van der Waals surface area contributed by atoms with E-state index in [0.29, 0.717) is 36.5 Å². The van der Waals surface area contributed by atoms with Crippen LogP contribution in [0.1, 0.15) is 91.9 Å². The summed E-state index contributed by atoms with van der Waals surface area (Å²) in [5, 5.41) is 52.3. The molecule has 0 amide bonds. The zero-order chi connectivity index (χ0) is 23.5. The molecule has 0 aliphatic heterocycles. The van der Waals surface area contributed by atoms with Crippen molar-refractivity contribution in [2.45, 2.75) is 116 Å². The van der Waals surface area contributed by atoms with E-state index in [1.807, 2.05) is 0 Å². The first-order valence-electron chi connectivity index (χ1n) is 13.3. The van der Waals surface area contributed by atoms with Crippen LogP contribution in [0.4, 0.5) is 0 Å². The molecule has 0 spiro atoms. The van der Waals surface area contributed by atoms with E-state index in [1.165, 1.54) is 12.8 Å². The summed E-state index contributed by atoms with van der Waals surface area (Å²) < 4.78 is 0. The molecule has 0 aromatic heterocycles. The summed E-state index contributed by atoms with van der Waals surface area (Å²) in [6, 6.07) is 0. The standard InChI is InChI=1S/C27H48O5/c1-16(6-5-11-25(2,32)15-28)18-7-8-19-22-20(10-13-26(18,19)3)27(4)12-9-17(29)14-21(27)23(30)24(22)31/h16-24,28-32H,5-15H2,1-4H3/t16-,17-,18-,19+,20+,21+,22+,23+,24-,25?,26-,27-/m1/s1. The lowest BCUT2D eigenvalue weighted by atomic mass is 9.43. The van der Waals surface area contributed by atoms with Gasteiger partial charge in [-0.05, 0) is 105 Å². The summed E-state index contributed by atoms with van der Waals surface area (Å²) in [6.07, 6.45) is 7.87. The number of hydrogen-bond acceptors (Lipinski definition) is 5. The highest BCUT2D eigenvalue weighted by Crippen LogP contribution is 2.68. The molecule has 32 heavy (non-hydrogen) atoms. The predicted molar refractivity (Wildman–Crippen MR) is 125 cm³/mol. The van der Waals surface area contributed by atoms with Crippen LogP contribution in [0.25, 0.3) is 0 Å². The van der Waals surface area contributed by atoms with E-state index in [9.17, 15) is 25.5 Å². The Morgan fingerprint density at radius 2 is 1.56 bits per heavy atom. The molecular formula is C27H48O5. The van der Waals surface area contributed by atoms with Crippen molar-refractivity contribution in [1.29, 1.82) is 0 Å². The highest BCUT2D eigenvalue weighted by atomic mass is 16.3. The second kappa shape index (κ2) is 8.78. The van der Waals surface area contributed by atoms with Crippen LogP contribution in [0.3, 0.4) is 0 Å². The van der Waals surface area contributed by atoms with E-state index in [1.54, 1.807) is 6.92 Å². The monoisotopic (exact) mass is 452 g/mol. The van der Waals surface area contributed by atoms with Crippen molar-refractivity contribution < 1.29 is 25.5 Å². The molecule has 4 aliphatic carbocycles. The highest BCUT2D eigenvalue weighted by Gasteiger charge is 2.65. The smallest absolute Gasteiger partial charge is 0.0849 e. The Morgan fingerprint density at radius 3 is 2.25 bits per heavy atom. The number of aliphatic hydroxyl groups is 5. The summed E-state index contributed by atoms with van der Waals surface area (Å²) in [5.41, 5.74) is -0.774. The van der Waals surface area contributed by atoms with E-state index >= 15 is 0 Å². The van der Waals surface area contributed by atoms with Crippen molar-refractivity contribution in [1.82, 2.24) is 0 Å². The quantitative estimate of drug-likeness (QED) is 0.425. The van der Waals surface area contributed by atoms with Gasteiger partial charge in [-0.3, -0.25) is 0 Å². The number of fused-ring (bicyclic) bond motifs is 5. The number of aliphatic hydroxyl groups excluding tert-OH is 4. The van der Waals surface area contributed by atoms with Crippen LogP contribution in [-0.2, 0) is 0 Å². The minimum Gasteiger partial charge on any atom is -0.393 e. The zero-order valence-corrected chi connectivity index (χ0v) is 20.7. The van der Waals surface area contributed by atoms with Gasteiger partial charge in [-0.25, -0.2) is 0 Å². The lowest BCUT2D eigenvalue weighted by Gasteiger charge is -2.63. The first kappa shape index (κ1) is 24.9. The summed E-state index contributed by atoms with van der Waals surface area (Å²) in [4.78, 5) is 0. The molecule has 186 valence electrons. The SMILES string of the molecule is C[C@H](CCCC(C)(O)CO)[C@H]1CC[C@H]2[C@@H]3[C@@H](O)[C@@H](O)[C@@H]4C[C@H](O)CC[C@]4(C)[C@H]3CC[C@]12C. The lowest BCUT2D eigenvalue weighted by molar-refractivity contribution is -0.223. The molecule has 0 aromatic rings. The van der Waals surface area contributed by atoms with Gasteiger partial charge in [0.25, 0.3) is 0 Å². The van der Waals surface area contributed by atoms with E-state index in [0.717, 1.165) is 38.5 Å². The van der Waals surface area contributed by atoms with Crippen LogP contribution in [0.5, 0.6) is 0 Å². The third kappa shape index (κ3) is 3.98. The van der Waals surface area contributed by atoms with Gasteiger partial charge in [0.05, 0.1) is 30.5 Å². The number of hydrogen-bond donors (Lipinski definition) is 5. The van der Waals surface area contributed by atoms with Gasteiger partial charge in [0.1, 0.15) is 0 Å². The fraction of sp³-hybridized carbons (Fsp3) is 1.00. The third-order valence-electron chi connectivity index (χ3n) is 11.2. The zero-order valence-electron chi connectivity index (χ0n) is 20.7. The first-order chi connectivity index (χ1) is 14.9. The Balaban J connectivity index is 1.50. The van der Waals surface area contributed by atoms with Crippen molar-refractivity contribution in [2.24, 2.45) is 46.3 Å². The van der Waals surface area contributed by atoms with Crippen LogP contribution >= 0.6 is 0 Å². The van der Waals surface area contributed by atoms with Gasteiger partial charge < -0.3 is 25.5 Å². The Kier molecular flexibility index (Phi) is 6.84. The maximum Gasteiger partial charge on any atom is 0.0849 e. The Morgan fingerprint density at radius 1 is 0.906 bits per heavy atom. The number of rotatable bonds is 6. The topological polar surface area (TPSA) is 101 Å². The Bertz CT molecular complexity index is 666. The predicted octanol–water partition coefficient (Wildman–Crippen LogP) is 3.50. The van der Waals surface area contributed by atoms with Gasteiger partial charge in [-0.2, -0.15) is 0 Å². The normalized spacial score (nSPS) is 51.3. The van der Waals surface area contributed by atoms with Gasteiger partial charge in [-0.15, -0.1) is 0 Å². The van der Waals surface area contributed by atoms with Gasteiger partial charge in [0.15, 0.2) is 0 Å². The molecule has 5 heteroatoms. The molecule has 0 aromatic carbocycles. The average Bonchev–Trinajstić information content (AvgIpc) is 3.10. The largest absolute Gasteiger partial charge is 0.393 e. The van der Waals surface area contributed by atoms with E-state index < -0.39 is 17.8 Å². The van der Waals surface area contributed by atoms with Gasteiger partial charge in [-0.1, -0.05) is 33.6 Å². The lowest BCUT2D eigenvalue weighted by Crippen LogP contribution is -2.64. The Hall–Kier alpha value is -0.200. The second-order valence-electron chi connectivity index (χ2n) is 13.1. The molecule has 4 saturated carbocycles. The van der Waals surface area contributed by atoms with Crippen molar-refractivity contribution in [3.05, 3.63) is 0 Å². The molecule has 0 saturated heterocycles. The highest BCUT2D eigenvalue weighted by molar-refractivity contribution is 5.14. The summed E-state index contributed by atoms with van der Waals surface area (Å²) in [5.74, 6) is 2.20. The van der Waals surface area contributed by atoms with Crippen LogP contribution < -0.4 is 0 Å². The van der Waals surface area contributed by atoms with Crippen LogP contribution in [0.2, 0.25) is 0 Å². The molecule has 5 N–H and O–H groups in total. The molecule has 4 fully saturated rings. The third-order valence-corrected chi connectivity index (χ3v) is 11.2. The minimum absolute atomic E-state index is 0.00213. The molecule has 4 aliphatic rings. The van der Waals surface area contributed by atoms with Crippen molar-refractivity contribution in [3.8, 4) is 0 Å². The minimum atomic E-state index is -0.984. The summed E-state index contributed by atoms with van der Waals surface area (Å²) >= 11 is 0. The second-order valence-corrected chi connectivity index (χ2v) is 13.1. The molecule has 1 unspecified atom stereocenters. The van der Waals surface area contributed by atoms with Crippen LogP contribution in [0, 0.1) is 46.3 Å². The Labute approximate surface area is 194 Å².